The molecule has 2 aromatic rings. The lowest BCUT2D eigenvalue weighted by Crippen LogP contribution is -2.49. The summed E-state index contributed by atoms with van der Waals surface area (Å²) in [6, 6.07) is 7.80. The number of carbonyl (C=O) groups is 1. The molecule has 0 radical (unpaired) electrons. The predicted octanol–water partition coefficient (Wildman–Crippen LogP) is 2.17. The third-order valence-electron chi connectivity index (χ3n) is 4.18. The first-order valence-corrected chi connectivity index (χ1v) is 7.81. The van der Waals surface area contributed by atoms with Gasteiger partial charge >= 0.3 is 0 Å². The van der Waals surface area contributed by atoms with Gasteiger partial charge in [0.2, 0.25) is 5.95 Å². The Labute approximate surface area is 131 Å². The Morgan fingerprint density at radius 1 is 1.14 bits per heavy atom. The second-order valence-electron chi connectivity index (χ2n) is 5.66. The van der Waals surface area contributed by atoms with Crippen molar-refractivity contribution in [3.8, 4) is 0 Å². The van der Waals surface area contributed by atoms with Crippen LogP contribution < -0.4 is 4.90 Å². The van der Waals surface area contributed by atoms with E-state index in [1.165, 1.54) is 5.56 Å². The molecule has 22 heavy (non-hydrogen) atoms. The highest BCUT2D eigenvalue weighted by Crippen LogP contribution is 2.16. The fourth-order valence-corrected chi connectivity index (χ4v) is 2.82. The van der Waals surface area contributed by atoms with Crippen molar-refractivity contribution < 1.29 is 4.79 Å². The lowest BCUT2D eigenvalue weighted by atomic mass is 10.1. The molecule has 1 amide bonds. The molecule has 0 aliphatic carbocycles. The summed E-state index contributed by atoms with van der Waals surface area (Å²) in [5.41, 5.74) is 1.95. The van der Waals surface area contributed by atoms with Gasteiger partial charge in [-0.25, -0.2) is 4.98 Å². The van der Waals surface area contributed by atoms with Crippen molar-refractivity contribution in [3.63, 3.8) is 0 Å². The largest absolute Gasteiger partial charge is 0.339 e. The number of aryl methyl sites for hydroxylation is 2. The highest BCUT2D eigenvalue weighted by Gasteiger charge is 2.23. The molecule has 2 heterocycles. The number of imidazole rings is 1. The molecule has 1 aromatic carbocycles. The third kappa shape index (κ3) is 2.84. The number of carbonyl (C=O) groups excluding carboxylic acids is 1. The second-order valence-corrected chi connectivity index (χ2v) is 5.66. The van der Waals surface area contributed by atoms with Crippen molar-refractivity contribution in [2.24, 2.45) is 0 Å². The molecule has 1 aliphatic rings. The molecule has 5 heteroatoms. The van der Waals surface area contributed by atoms with Gasteiger partial charge in [0, 0.05) is 50.7 Å². The minimum absolute atomic E-state index is 0.124. The molecule has 0 unspecified atom stereocenters. The van der Waals surface area contributed by atoms with Crippen LogP contribution in [0.15, 0.2) is 36.7 Å². The third-order valence-corrected chi connectivity index (χ3v) is 4.18. The molecule has 5 nitrogen and oxygen atoms in total. The first-order chi connectivity index (χ1) is 10.7. The van der Waals surface area contributed by atoms with Crippen molar-refractivity contribution in [1.82, 2.24) is 14.5 Å². The van der Waals surface area contributed by atoms with E-state index < -0.39 is 0 Å². The molecule has 0 spiro atoms. The van der Waals surface area contributed by atoms with Gasteiger partial charge in [-0.05, 0) is 26.0 Å². The average Bonchev–Trinajstić information content (AvgIpc) is 3.04. The molecule has 1 fully saturated rings. The lowest BCUT2D eigenvalue weighted by Gasteiger charge is -2.35. The van der Waals surface area contributed by atoms with E-state index in [0.717, 1.165) is 44.2 Å². The number of amides is 1. The highest BCUT2D eigenvalue weighted by atomic mass is 16.2. The maximum atomic E-state index is 12.5. The van der Waals surface area contributed by atoms with Crippen molar-refractivity contribution >= 4 is 11.9 Å². The van der Waals surface area contributed by atoms with Crippen LogP contribution in [0.2, 0.25) is 0 Å². The lowest BCUT2D eigenvalue weighted by molar-refractivity contribution is 0.0746. The molecule has 0 N–H and O–H groups in total. The summed E-state index contributed by atoms with van der Waals surface area (Å²) in [7, 11) is 0. The summed E-state index contributed by atoms with van der Waals surface area (Å²) in [4.78, 5) is 21.1. The minimum Gasteiger partial charge on any atom is -0.339 e. The fraction of sp³-hybridized carbons (Fsp3) is 0.412. The fourth-order valence-electron chi connectivity index (χ4n) is 2.82. The van der Waals surface area contributed by atoms with Gasteiger partial charge in [0.25, 0.3) is 5.91 Å². The van der Waals surface area contributed by atoms with Gasteiger partial charge in [0.15, 0.2) is 0 Å². The SMILES string of the molecule is CCn1ccnc1N1CCN(C(=O)c2ccc(C)cc2)CC1. The summed E-state index contributed by atoms with van der Waals surface area (Å²) in [5.74, 6) is 1.13. The van der Waals surface area contributed by atoms with E-state index in [4.69, 9.17) is 0 Å². The number of hydrogen-bond donors (Lipinski definition) is 0. The Hall–Kier alpha value is -2.30. The van der Waals surface area contributed by atoms with E-state index in [1.807, 2.05) is 48.5 Å². The molecule has 3 rings (SSSR count). The van der Waals surface area contributed by atoms with Crippen LogP contribution in [0.4, 0.5) is 5.95 Å². The van der Waals surface area contributed by atoms with Crippen LogP contribution in [0.3, 0.4) is 0 Å². The summed E-state index contributed by atoms with van der Waals surface area (Å²) < 4.78 is 2.14. The van der Waals surface area contributed by atoms with Crippen molar-refractivity contribution in [1.29, 1.82) is 0 Å². The van der Waals surface area contributed by atoms with Gasteiger partial charge in [-0.1, -0.05) is 17.7 Å². The van der Waals surface area contributed by atoms with Gasteiger partial charge in [-0.3, -0.25) is 4.79 Å². The molecular weight excluding hydrogens is 276 g/mol. The zero-order chi connectivity index (χ0) is 15.5. The minimum atomic E-state index is 0.124. The zero-order valence-corrected chi connectivity index (χ0v) is 13.2. The smallest absolute Gasteiger partial charge is 0.253 e. The molecule has 1 aliphatic heterocycles. The molecule has 1 aromatic heterocycles. The van der Waals surface area contributed by atoms with Crippen LogP contribution in [0.1, 0.15) is 22.8 Å². The number of benzene rings is 1. The Kier molecular flexibility index (Phi) is 4.13. The Morgan fingerprint density at radius 2 is 1.82 bits per heavy atom. The monoisotopic (exact) mass is 298 g/mol. The Morgan fingerprint density at radius 3 is 2.45 bits per heavy atom. The van der Waals surface area contributed by atoms with E-state index in [9.17, 15) is 4.79 Å². The molecule has 0 bridgehead atoms. The molecule has 0 saturated carbocycles. The Bertz CT molecular complexity index is 639. The van der Waals surface area contributed by atoms with Crippen LogP contribution in [0, 0.1) is 6.92 Å². The number of hydrogen-bond acceptors (Lipinski definition) is 3. The van der Waals surface area contributed by atoms with E-state index in [1.54, 1.807) is 0 Å². The first kappa shape index (κ1) is 14.6. The van der Waals surface area contributed by atoms with Crippen molar-refractivity contribution in [2.45, 2.75) is 20.4 Å². The van der Waals surface area contributed by atoms with Gasteiger partial charge in [0.1, 0.15) is 0 Å². The van der Waals surface area contributed by atoms with Gasteiger partial charge < -0.3 is 14.4 Å². The van der Waals surface area contributed by atoms with Gasteiger partial charge in [-0.15, -0.1) is 0 Å². The van der Waals surface area contributed by atoms with Crippen molar-refractivity contribution in [3.05, 3.63) is 47.8 Å². The van der Waals surface area contributed by atoms with E-state index in [-0.39, 0.29) is 5.91 Å². The predicted molar refractivity (Wildman–Crippen MR) is 87.2 cm³/mol. The summed E-state index contributed by atoms with van der Waals surface area (Å²) in [6.07, 6.45) is 3.84. The van der Waals surface area contributed by atoms with Gasteiger partial charge in [0.05, 0.1) is 0 Å². The number of rotatable bonds is 3. The molecule has 0 atom stereocenters. The summed E-state index contributed by atoms with van der Waals surface area (Å²) in [5, 5.41) is 0. The van der Waals surface area contributed by atoms with Crippen LogP contribution in [-0.4, -0.2) is 46.5 Å². The van der Waals surface area contributed by atoms with E-state index in [2.05, 4.69) is 21.4 Å². The van der Waals surface area contributed by atoms with Crippen LogP contribution in [0.5, 0.6) is 0 Å². The quantitative estimate of drug-likeness (QED) is 0.872. The van der Waals surface area contributed by atoms with Crippen LogP contribution >= 0.6 is 0 Å². The topological polar surface area (TPSA) is 41.4 Å². The maximum Gasteiger partial charge on any atom is 0.253 e. The van der Waals surface area contributed by atoms with E-state index in [0.29, 0.717) is 0 Å². The van der Waals surface area contributed by atoms with Crippen LogP contribution in [0.25, 0.3) is 0 Å². The average molecular weight is 298 g/mol. The number of anilines is 1. The van der Waals surface area contributed by atoms with Crippen molar-refractivity contribution in [2.75, 3.05) is 31.1 Å². The number of piperazine rings is 1. The molecule has 116 valence electrons. The molecular formula is C17H22N4O. The Balaban J connectivity index is 1.64. The molecule has 1 saturated heterocycles. The number of nitrogens with zero attached hydrogens (tertiary/aromatic N) is 4. The summed E-state index contributed by atoms with van der Waals surface area (Å²) in [6.45, 7) is 8.19. The maximum absolute atomic E-state index is 12.5. The first-order valence-electron chi connectivity index (χ1n) is 7.81. The standard InChI is InChI=1S/C17H22N4O/c1-3-19-9-8-18-17(19)21-12-10-20(11-13-21)16(22)15-6-4-14(2)5-7-15/h4-9H,3,10-13H2,1-2H3. The normalized spacial score (nSPS) is 15.2. The number of aromatic nitrogens is 2. The van der Waals surface area contributed by atoms with Crippen LogP contribution in [-0.2, 0) is 6.54 Å². The highest BCUT2D eigenvalue weighted by molar-refractivity contribution is 5.94. The summed E-state index contributed by atoms with van der Waals surface area (Å²) >= 11 is 0. The van der Waals surface area contributed by atoms with Gasteiger partial charge in [-0.2, -0.15) is 0 Å². The second kappa shape index (κ2) is 6.22. The zero-order valence-electron chi connectivity index (χ0n) is 13.2. The van der Waals surface area contributed by atoms with E-state index >= 15 is 0 Å².